The minimum absolute atomic E-state index is 0.0584. The van der Waals surface area contributed by atoms with Gasteiger partial charge in [-0.15, -0.1) is 0 Å². The number of hydrogen-bond donors (Lipinski definition) is 2. The van der Waals surface area contributed by atoms with Gasteiger partial charge < -0.3 is 15.3 Å². The molecule has 2 aromatic carbocycles. The molecule has 4 atom stereocenters. The summed E-state index contributed by atoms with van der Waals surface area (Å²) >= 11 is 6.71. The van der Waals surface area contributed by atoms with E-state index in [1.165, 1.54) is 26.0 Å². The number of urea groups is 1. The molecule has 2 fully saturated rings. The van der Waals surface area contributed by atoms with Crippen molar-refractivity contribution in [2.75, 3.05) is 30.0 Å². The van der Waals surface area contributed by atoms with Gasteiger partial charge in [-0.05, 0) is 88.1 Å². The van der Waals surface area contributed by atoms with E-state index in [9.17, 15) is 66.7 Å². The molecule has 0 radical (unpaired) electrons. The summed E-state index contributed by atoms with van der Waals surface area (Å²) in [5, 5.41) is 18.9. The number of likely N-dealkylation sites (tertiary alicyclic amines) is 1. The molecule has 15 nitrogen and oxygen atoms in total. The van der Waals surface area contributed by atoms with Crippen molar-refractivity contribution in [1.82, 2.24) is 34.8 Å². The predicted molar refractivity (Wildman–Crippen MR) is 244 cm³/mol. The highest BCUT2D eigenvalue weighted by atomic mass is 35.5. The molecule has 1 unspecified atom stereocenters. The Morgan fingerprint density at radius 2 is 1.62 bits per heavy atom. The number of sulfone groups is 1. The summed E-state index contributed by atoms with van der Waals surface area (Å²) in [7, 11) is -8.53. The van der Waals surface area contributed by atoms with E-state index in [1.54, 1.807) is 0 Å². The van der Waals surface area contributed by atoms with Gasteiger partial charge in [-0.25, -0.2) is 30.4 Å². The average Bonchev–Trinajstić information content (AvgIpc) is 3.47. The zero-order chi connectivity index (χ0) is 53.7. The largest absolute Gasteiger partial charge is 0.435 e. The number of aryl methyl sites for hydroxylation is 1. The van der Waals surface area contributed by atoms with Crippen molar-refractivity contribution < 1.29 is 75.4 Å². The Balaban J connectivity index is 1.34. The molecule has 28 heteroatoms. The zero-order valence-electron chi connectivity index (χ0n) is 38.9. The minimum atomic E-state index is -5.21. The van der Waals surface area contributed by atoms with Crippen molar-refractivity contribution in [2.45, 2.75) is 106 Å². The van der Waals surface area contributed by atoms with Crippen LogP contribution in [0.2, 0.25) is 5.02 Å². The molecule has 73 heavy (non-hydrogen) atoms. The van der Waals surface area contributed by atoms with Crippen LogP contribution in [0, 0.1) is 17.6 Å². The monoisotopic (exact) mass is 1100 g/mol. The van der Waals surface area contributed by atoms with Gasteiger partial charge >= 0.3 is 18.4 Å². The SMILES string of the molecule is CC(C)(CCc1ccc(-c2ccc(Cl)c3c(N(C(=O)N4CCC[C@H]4CO)S(C)(=O)=O)nn(CC(F)(F)F)c23)c([C@H](Cc2cc(F)cc(F)c2)NC(=O)Cn2nc(C(F)(F)F)c3c2C(F)(F)C2C[C@H]32)n1)S(C)(=O)=O. The number of amides is 3. The third-order valence-electron chi connectivity index (χ3n) is 13.5. The van der Waals surface area contributed by atoms with Crippen LogP contribution in [0.3, 0.4) is 0 Å². The van der Waals surface area contributed by atoms with Gasteiger partial charge in [-0.1, -0.05) is 23.7 Å². The Kier molecular flexibility index (Phi) is 13.8. The van der Waals surface area contributed by atoms with E-state index >= 15 is 8.78 Å². The Hall–Kier alpha value is -5.54. The molecular weight excluding hydrogens is 1050 g/mol. The van der Waals surface area contributed by atoms with Crippen LogP contribution in [0.1, 0.15) is 85.4 Å². The van der Waals surface area contributed by atoms with Crippen LogP contribution in [0.5, 0.6) is 0 Å². The topological polar surface area (TPSA) is 190 Å². The fourth-order valence-electron chi connectivity index (χ4n) is 9.60. The maximum Gasteiger partial charge on any atom is 0.435 e. The Labute approximate surface area is 415 Å². The van der Waals surface area contributed by atoms with Crippen molar-refractivity contribution in [3.8, 4) is 11.1 Å². The molecule has 5 aromatic rings. The molecule has 2 N–H and O–H groups in total. The molecular formula is C45H45ClF10N8O7S2. The highest BCUT2D eigenvalue weighted by Crippen LogP contribution is 2.68. The van der Waals surface area contributed by atoms with Gasteiger partial charge in [0, 0.05) is 47.2 Å². The third-order valence-corrected chi connectivity index (χ3v) is 17.0. The number of aromatic nitrogens is 5. The summed E-state index contributed by atoms with van der Waals surface area (Å²) in [6.45, 7) is -1.04. The lowest BCUT2D eigenvalue weighted by atomic mass is 9.93. The molecule has 3 aliphatic rings. The highest BCUT2D eigenvalue weighted by molar-refractivity contribution is 7.93. The number of halogens is 11. The van der Waals surface area contributed by atoms with E-state index in [0.717, 1.165) is 35.4 Å². The number of nitrogens with one attached hydrogen (secondary N) is 1. The highest BCUT2D eigenvalue weighted by Gasteiger charge is 2.68. The van der Waals surface area contributed by atoms with Gasteiger partial charge in [0.15, 0.2) is 21.3 Å². The molecule has 4 heterocycles. The molecule has 8 rings (SSSR count). The van der Waals surface area contributed by atoms with E-state index in [2.05, 4.69) is 15.5 Å². The lowest BCUT2D eigenvalue weighted by Gasteiger charge is -2.28. The van der Waals surface area contributed by atoms with Crippen molar-refractivity contribution in [1.29, 1.82) is 0 Å². The van der Waals surface area contributed by atoms with Crippen LogP contribution in [0.25, 0.3) is 22.0 Å². The Morgan fingerprint density at radius 1 is 0.959 bits per heavy atom. The molecule has 1 saturated heterocycles. The second kappa shape index (κ2) is 18.7. The van der Waals surface area contributed by atoms with Gasteiger partial charge in [-0.3, -0.25) is 19.1 Å². The molecule has 0 spiro atoms. The Morgan fingerprint density at radius 3 is 2.22 bits per heavy atom. The normalized spacial score (nSPS) is 19.3. The molecule has 3 amide bonds. The second-order valence-electron chi connectivity index (χ2n) is 19.1. The van der Waals surface area contributed by atoms with Gasteiger partial charge in [-0.2, -0.15) is 49.6 Å². The number of pyridine rings is 1. The Bertz CT molecular complexity index is 3250. The summed E-state index contributed by atoms with van der Waals surface area (Å²) in [5.41, 5.74) is -5.12. The first-order valence-electron chi connectivity index (χ1n) is 22.4. The lowest BCUT2D eigenvalue weighted by molar-refractivity contribution is -0.143. The fourth-order valence-corrected chi connectivity index (χ4v) is 11.1. The molecule has 2 aliphatic carbocycles. The van der Waals surface area contributed by atoms with Crippen molar-refractivity contribution >= 4 is 60.1 Å². The number of benzene rings is 2. The number of rotatable bonds is 15. The fraction of sp³-hybridized carbons (Fsp3) is 0.489. The number of carbonyl (C=O) groups excluding carboxylic acids is 2. The van der Waals surface area contributed by atoms with Crippen LogP contribution in [0.4, 0.5) is 54.5 Å². The number of fused-ring (bicyclic) bond motifs is 4. The number of sulfonamides is 1. The number of carbonyl (C=O) groups is 2. The minimum Gasteiger partial charge on any atom is -0.394 e. The van der Waals surface area contributed by atoms with Crippen molar-refractivity contribution in [2.24, 2.45) is 5.92 Å². The summed E-state index contributed by atoms with van der Waals surface area (Å²) in [5.74, 6) is -10.9. The second-order valence-corrected chi connectivity index (χ2v) is 24.0. The predicted octanol–water partition coefficient (Wildman–Crippen LogP) is 8.22. The van der Waals surface area contributed by atoms with E-state index in [4.69, 9.17) is 16.6 Å². The summed E-state index contributed by atoms with van der Waals surface area (Å²) in [6, 6.07) is 3.16. The van der Waals surface area contributed by atoms with E-state index in [1.807, 2.05) is 0 Å². The summed E-state index contributed by atoms with van der Waals surface area (Å²) < 4.78 is 199. The average molecular weight is 1100 g/mol. The van der Waals surface area contributed by atoms with Crippen molar-refractivity contribution in [3.05, 3.63) is 93.0 Å². The number of aliphatic hydroxyl groups is 1. The van der Waals surface area contributed by atoms with Crippen LogP contribution < -0.4 is 9.62 Å². The number of anilines is 1. The number of hydrogen-bond acceptors (Lipinski definition) is 10. The van der Waals surface area contributed by atoms with Crippen LogP contribution in [-0.2, 0) is 62.7 Å². The third kappa shape index (κ3) is 10.5. The maximum atomic E-state index is 15.6. The molecule has 396 valence electrons. The summed E-state index contributed by atoms with van der Waals surface area (Å²) in [6.07, 6.45) is -9.35. The van der Waals surface area contributed by atoms with E-state index in [0.29, 0.717) is 23.4 Å². The molecule has 1 aliphatic heterocycles. The zero-order valence-corrected chi connectivity index (χ0v) is 41.3. The molecule has 1 saturated carbocycles. The standard InChI is InChI=1S/C45H45ClF10N8O7S2/c1-42(2,72(3,68)69)12-11-25-7-8-27(28-9-10-31(46)35-37(28)63(21-43(49,50)51)60-40(35)64(73(4,70)71)41(67)61-13-5-6-26(61)20-65)36(57-25)32(16-22-14-23(47)17-24(48)15-22)58-33(66)19-62-39-34(38(59-62)45(54,55)56)29-18-30(29)44(39,52)53/h7-10,14-15,17,26,29-30,32,65H,5-6,11-13,16,18-21H2,1-4H3,(H,58,66)/t26-,29-,30?,32-/m0/s1. The van der Waals surface area contributed by atoms with Crippen LogP contribution >= 0.6 is 11.6 Å². The lowest BCUT2D eigenvalue weighted by Crippen LogP contribution is -2.49. The van der Waals surface area contributed by atoms with Gasteiger partial charge in [0.2, 0.25) is 15.9 Å². The maximum absolute atomic E-state index is 15.6. The molecule has 3 aromatic heterocycles. The smallest absolute Gasteiger partial charge is 0.394 e. The van der Waals surface area contributed by atoms with Gasteiger partial charge in [0.25, 0.3) is 5.92 Å². The van der Waals surface area contributed by atoms with Gasteiger partial charge in [0.05, 0.1) is 51.3 Å². The first-order valence-corrected chi connectivity index (χ1v) is 26.5. The van der Waals surface area contributed by atoms with Crippen molar-refractivity contribution in [3.63, 3.8) is 0 Å². The van der Waals surface area contributed by atoms with Crippen LogP contribution in [0.15, 0.2) is 42.5 Å². The summed E-state index contributed by atoms with van der Waals surface area (Å²) in [4.78, 5) is 34.1. The number of aliphatic hydroxyl groups excluding tert-OH is 1. The number of alkyl halides is 8. The van der Waals surface area contributed by atoms with Gasteiger partial charge in [0.1, 0.15) is 30.4 Å². The molecule has 0 bridgehead atoms. The van der Waals surface area contributed by atoms with E-state index < -0.39 is 155 Å². The van der Waals surface area contributed by atoms with Crippen LogP contribution in [-0.4, -0.2) is 106 Å². The first kappa shape index (κ1) is 53.7. The van der Waals surface area contributed by atoms with E-state index in [-0.39, 0.29) is 69.3 Å². The number of nitrogens with zero attached hydrogens (tertiary/aromatic N) is 7. The quantitative estimate of drug-likeness (QED) is 0.0967. The first-order chi connectivity index (χ1) is 33.7.